The van der Waals surface area contributed by atoms with Crippen molar-refractivity contribution in [3.8, 4) is 6.07 Å². The fourth-order valence-electron chi connectivity index (χ4n) is 4.76. The van der Waals surface area contributed by atoms with Gasteiger partial charge in [0.2, 0.25) is 5.91 Å². The fourth-order valence-corrected chi connectivity index (χ4v) is 4.76. The van der Waals surface area contributed by atoms with Crippen molar-refractivity contribution in [1.29, 1.82) is 5.26 Å². The van der Waals surface area contributed by atoms with E-state index in [-0.39, 0.29) is 24.1 Å². The number of nitrogens with zero attached hydrogens (tertiary/aromatic N) is 5. The number of nitrogens with one attached hydrogen (secondary N) is 1. The molecule has 32 heavy (non-hydrogen) atoms. The second kappa shape index (κ2) is 8.55. The summed E-state index contributed by atoms with van der Waals surface area (Å²) in [4.78, 5) is 33.9. The predicted octanol–water partition coefficient (Wildman–Crippen LogP) is 2.16. The number of amides is 1. The van der Waals surface area contributed by atoms with Gasteiger partial charge in [-0.2, -0.15) is 5.26 Å². The lowest BCUT2D eigenvalue weighted by molar-refractivity contribution is -0.116. The predicted molar refractivity (Wildman–Crippen MR) is 117 cm³/mol. The molecule has 9 nitrogen and oxygen atoms in total. The van der Waals surface area contributed by atoms with Crippen molar-refractivity contribution < 1.29 is 9.53 Å². The van der Waals surface area contributed by atoms with Crippen LogP contribution in [-0.2, 0) is 35.5 Å². The summed E-state index contributed by atoms with van der Waals surface area (Å²) in [6, 6.07) is 3.90. The number of fused-ring (bicyclic) bond motifs is 2. The van der Waals surface area contributed by atoms with E-state index in [1.54, 1.807) is 6.07 Å². The summed E-state index contributed by atoms with van der Waals surface area (Å²) in [5.74, 6) is 0.146. The van der Waals surface area contributed by atoms with E-state index in [0.29, 0.717) is 28.8 Å². The second-order valence-electron chi connectivity index (χ2n) is 8.33. The molecular formula is C23H24N6O3. The molecular weight excluding hydrogens is 408 g/mol. The zero-order valence-corrected chi connectivity index (χ0v) is 17.7. The molecule has 0 saturated carbocycles. The Morgan fingerprint density at radius 2 is 2.19 bits per heavy atom. The Morgan fingerprint density at radius 3 is 3.00 bits per heavy atom. The number of anilines is 1. The second-order valence-corrected chi connectivity index (χ2v) is 8.33. The van der Waals surface area contributed by atoms with Gasteiger partial charge < -0.3 is 14.6 Å². The van der Waals surface area contributed by atoms with E-state index in [2.05, 4.69) is 25.9 Å². The summed E-state index contributed by atoms with van der Waals surface area (Å²) in [5.41, 5.74) is 2.86. The number of nitriles is 1. The molecule has 1 aliphatic carbocycles. The number of carbonyl (C=O) groups is 1. The maximum Gasteiger partial charge on any atom is 0.261 e. The Balaban J connectivity index is 1.46. The molecule has 1 atom stereocenters. The topological polar surface area (TPSA) is 115 Å². The molecule has 2 aliphatic rings. The lowest BCUT2D eigenvalue weighted by Crippen LogP contribution is -2.29. The summed E-state index contributed by atoms with van der Waals surface area (Å²) in [6.07, 6.45) is 10.3. The van der Waals surface area contributed by atoms with Gasteiger partial charge in [-0.15, -0.1) is 0 Å². The monoisotopic (exact) mass is 432 g/mol. The number of carbonyl (C=O) groups excluding carboxylic acids is 1. The van der Waals surface area contributed by atoms with Crippen molar-refractivity contribution in [1.82, 2.24) is 19.1 Å². The van der Waals surface area contributed by atoms with Crippen molar-refractivity contribution in [3.63, 3.8) is 0 Å². The zero-order chi connectivity index (χ0) is 22.1. The highest BCUT2D eigenvalue weighted by Crippen LogP contribution is 2.34. The number of aromatic nitrogens is 4. The molecule has 164 valence electrons. The summed E-state index contributed by atoms with van der Waals surface area (Å²) in [7, 11) is 0. The van der Waals surface area contributed by atoms with Crippen LogP contribution in [0.15, 0.2) is 29.6 Å². The Morgan fingerprint density at radius 1 is 1.31 bits per heavy atom. The average molecular weight is 432 g/mol. The largest absolute Gasteiger partial charge is 0.376 e. The van der Waals surface area contributed by atoms with E-state index in [0.717, 1.165) is 56.4 Å². The van der Waals surface area contributed by atoms with Crippen LogP contribution in [0.4, 0.5) is 5.82 Å². The standard InChI is InChI=1S/C23H24N6O3/c24-10-18-16-5-1-2-6-20(16)29(12-15-4-3-9-32-15)22(18)27-21(30)13-28-14-26-19-11-25-8-7-17(19)23(28)31/h7-8,11,14-15H,1-6,9,12-13H2,(H,27,30)/t15-/m0/s1. The lowest BCUT2D eigenvalue weighted by Gasteiger charge is -2.20. The van der Waals surface area contributed by atoms with Crippen LogP contribution in [0.5, 0.6) is 0 Å². The molecule has 0 aromatic carbocycles. The molecule has 5 rings (SSSR count). The van der Waals surface area contributed by atoms with Crippen molar-refractivity contribution >= 4 is 22.6 Å². The molecule has 1 fully saturated rings. The fraction of sp³-hybridized carbons (Fsp3) is 0.435. The molecule has 1 N–H and O–H groups in total. The van der Waals surface area contributed by atoms with Crippen LogP contribution in [-0.4, -0.2) is 37.7 Å². The molecule has 3 aromatic heterocycles. The van der Waals surface area contributed by atoms with E-state index in [9.17, 15) is 14.9 Å². The van der Waals surface area contributed by atoms with E-state index < -0.39 is 0 Å². The third-order valence-corrected chi connectivity index (χ3v) is 6.29. The maximum absolute atomic E-state index is 13.0. The van der Waals surface area contributed by atoms with Gasteiger partial charge in [-0.1, -0.05) is 0 Å². The van der Waals surface area contributed by atoms with Gasteiger partial charge in [0, 0.05) is 18.5 Å². The smallest absolute Gasteiger partial charge is 0.261 e. The average Bonchev–Trinajstić information content (AvgIpc) is 3.43. The van der Waals surface area contributed by atoms with E-state index in [1.807, 2.05) is 0 Å². The van der Waals surface area contributed by atoms with Gasteiger partial charge in [0.1, 0.15) is 18.4 Å². The first-order valence-corrected chi connectivity index (χ1v) is 11.0. The third-order valence-electron chi connectivity index (χ3n) is 6.29. The van der Waals surface area contributed by atoms with Gasteiger partial charge in [0.25, 0.3) is 5.56 Å². The van der Waals surface area contributed by atoms with Crippen molar-refractivity contribution in [2.75, 3.05) is 11.9 Å². The van der Waals surface area contributed by atoms with Crippen molar-refractivity contribution in [3.05, 3.63) is 52.0 Å². The van der Waals surface area contributed by atoms with Gasteiger partial charge in [-0.05, 0) is 50.2 Å². The number of pyridine rings is 1. The highest BCUT2D eigenvalue weighted by molar-refractivity contribution is 5.92. The van der Waals surface area contributed by atoms with Gasteiger partial charge in [-0.3, -0.25) is 19.1 Å². The minimum atomic E-state index is -0.373. The molecule has 9 heteroatoms. The van der Waals surface area contributed by atoms with E-state index in [1.165, 1.54) is 23.3 Å². The Labute approximate surface area is 184 Å². The van der Waals surface area contributed by atoms with Crippen LogP contribution in [0.3, 0.4) is 0 Å². The Bertz CT molecular complexity index is 1280. The Hall–Kier alpha value is -3.51. The molecule has 1 amide bonds. The molecule has 4 heterocycles. The van der Waals surface area contributed by atoms with Gasteiger partial charge in [0.05, 0.1) is 41.6 Å². The summed E-state index contributed by atoms with van der Waals surface area (Å²) in [6.45, 7) is 1.17. The molecule has 3 aromatic rings. The summed E-state index contributed by atoms with van der Waals surface area (Å²) >= 11 is 0. The van der Waals surface area contributed by atoms with E-state index >= 15 is 0 Å². The molecule has 0 unspecified atom stereocenters. The van der Waals surface area contributed by atoms with Gasteiger partial charge in [-0.25, -0.2) is 4.98 Å². The van der Waals surface area contributed by atoms with Crippen LogP contribution in [0, 0.1) is 11.3 Å². The SMILES string of the molecule is N#Cc1c2c(n(C[C@@H]3CCCO3)c1NC(=O)Cn1cnc3cnccc3c1=O)CCCC2. The highest BCUT2D eigenvalue weighted by atomic mass is 16.5. The first-order chi connectivity index (χ1) is 15.7. The minimum absolute atomic E-state index is 0.0801. The van der Waals surface area contributed by atoms with Gasteiger partial charge in [0.15, 0.2) is 0 Å². The van der Waals surface area contributed by atoms with Crippen LogP contribution in [0.2, 0.25) is 0 Å². The highest BCUT2D eigenvalue weighted by Gasteiger charge is 2.28. The molecule has 0 spiro atoms. The summed E-state index contributed by atoms with van der Waals surface area (Å²) < 4.78 is 9.17. The van der Waals surface area contributed by atoms with Crippen LogP contribution < -0.4 is 10.9 Å². The minimum Gasteiger partial charge on any atom is -0.376 e. The molecule has 0 radical (unpaired) electrons. The molecule has 0 bridgehead atoms. The number of ether oxygens (including phenoxy) is 1. The third kappa shape index (κ3) is 3.67. The first-order valence-electron chi connectivity index (χ1n) is 11.0. The number of hydrogen-bond donors (Lipinski definition) is 1. The normalized spacial score (nSPS) is 17.8. The maximum atomic E-state index is 13.0. The van der Waals surface area contributed by atoms with Crippen LogP contribution in [0.25, 0.3) is 10.9 Å². The molecule has 1 saturated heterocycles. The zero-order valence-electron chi connectivity index (χ0n) is 17.7. The number of hydrogen-bond acceptors (Lipinski definition) is 6. The van der Waals surface area contributed by atoms with Crippen molar-refractivity contribution in [2.45, 2.75) is 57.7 Å². The quantitative estimate of drug-likeness (QED) is 0.661. The Kier molecular flexibility index (Phi) is 5.45. The first kappa shape index (κ1) is 20.4. The summed E-state index contributed by atoms with van der Waals surface area (Å²) in [5, 5.41) is 13.2. The molecule has 1 aliphatic heterocycles. The van der Waals surface area contributed by atoms with Crippen LogP contribution >= 0.6 is 0 Å². The van der Waals surface area contributed by atoms with Crippen LogP contribution in [0.1, 0.15) is 42.5 Å². The van der Waals surface area contributed by atoms with E-state index in [4.69, 9.17) is 4.74 Å². The number of rotatable bonds is 5. The van der Waals surface area contributed by atoms with Gasteiger partial charge >= 0.3 is 0 Å². The lowest BCUT2D eigenvalue weighted by atomic mass is 9.95. The van der Waals surface area contributed by atoms with Crippen molar-refractivity contribution in [2.24, 2.45) is 0 Å².